The lowest BCUT2D eigenvalue weighted by molar-refractivity contribution is -0.132. The first kappa shape index (κ1) is 16.1. The number of carbonyl (C=O) groups excluding carboxylic acids is 2. The van der Waals surface area contributed by atoms with Gasteiger partial charge in [0.15, 0.2) is 5.76 Å². The quantitative estimate of drug-likeness (QED) is 0.893. The Labute approximate surface area is 136 Å². The molecule has 2 amide bonds. The second-order valence-electron chi connectivity index (χ2n) is 6.31. The van der Waals surface area contributed by atoms with Gasteiger partial charge in [0.2, 0.25) is 5.91 Å². The molecule has 2 saturated heterocycles. The lowest BCUT2D eigenvalue weighted by Crippen LogP contribution is -2.44. The minimum absolute atomic E-state index is 0.0499. The number of carbonyl (C=O) groups is 2. The number of amides is 2. The van der Waals surface area contributed by atoms with Crippen molar-refractivity contribution in [3.05, 3.63) is 24.2 Å². The molecule has 3 heterocycles. The van der Waals surface area contributed by atoms with Gasteiger partial charge in [-0.1, -0.05) is 12.8 Å². The topological polar surface area (TPSA) is 65.8 Å². The van der Waals surface area contributed by atoms with E-state index in [9.17, 15) is 9.59 Å². The van der Waals surface area contributed by atoms with Crippen LogP contribution in [0.15, 0.2) is 22.8 Å². The normalized spacial score (nSPS) is 23.0. The van der Waals surface area contributed by atoms with Crippen molar-refractivity contribution in [1.82, 2.24) is 15.1 Å². The molecule has 0 aromatic carbocycles. The highest BCUT2D eigenvalue weighted by Gasteiger charge is 2.35. The Balaban J connectivity index is 1.44. The zero-order valence-electron chi connectivity index (χ0n) is 13.5. The molecule has 6 nitrogen and oxygen atoms in total. The Morgan fingerprint density at radius 3 is 2.70 bits per heavy atom. The average Bonchev–Trinajstić information content (AvgIpc) is 3.12. The maximum Gasteiger partial charge on any atom is 0.287 e. The van der Waals surface area contributed by atoms with Crippen LogP contribution in [-0.2, 0) is 4.79 Å². The zero-order valence-corrected chi connectivity index (χ0v) is 13.5. The molecule has 0 bridgehead atoms. The summed E-state index contributed by atoms with van der Waals surface area (Å²) in [5, 5.41) is 2.80. The van der Waals surface area contributed by atoms with Crippen molar-refractivity contribution in [1.29, 1.82) is 0 Å². The van der Waals surface area contributed by atoms with Crippen LogP contribution in [0.2, 0.25) is 0 Å². The van der Waals surface area contributed by atoms with E-state index in [1.807, 2.05) is 4.90 Å². The van der Waals surface area contributed by atoms with Crippen LogP contribution in [0.5, 0.6) is 0 Å². The van der Waals surface area contributed by atoms with Crippen molar-refractivity contribution >= 4 is 11.8 Å². The van der Waals surface area contributed by atoms with Crippen molar-refractivity contribution in [3.63, 3.8) is 0 Å². The van der Waals surface area contributed by atoms with E-state index in [0.29, 0.717) is 18.8 Å². The predicted molar refractivity (Wildman–Crippen MR) is 86.1 cm³/mol. The van der Waals surface area contributed by atoms with Gasteiger partial charge >= 0.3 is 0 Å². The molecule has 2 aliphatic heterocycles. The fraction of sp³-hybridized carbons (Fsp3) is 0.647. The van der Waals surface area contributed by atoms with E-state index < -0.39 is 0 Å². The standard InChI is InChI=1S/C17H25N3O3/c21-16(15-6-5-13-23-15)18-8-12-20-11-7-14(17(20)22)19-9-3-1-2-4-10-19/h5-6,13-14H,1-4,7-12H2,(H,18,21)/t14-/m0/s1. The molecule has 3 rings (SSSR count). The molecule has 1 N–H and O–H groups in total. The van der Waals surface area contributed by atoms with Crippen LogP contribution >= 0.6 is 0 Å². The second kappa shape index (κ2) is 7.64. The van der Waals surface area contributed by atoms with Crippen LogP contribution in [0.3, 0.4) is 0 Å². The van der Waals surface area contributed by atoms with Gasteiger partial charge in [-0.05, 0) is 44.5 Å². The molecule has 0 radical (unpaired) electrons. The lowest BCUT2D eigenvalue weighted by atomic mass is 10.2. The van der Waals surface area contributed by atoms with E-state index in [0.717, 1.165) is 26.1 Å². The van der Waals surface area contributed by atoms with Gasteiger partial charge in [0, 0.05) is 19.6 Å². The number of nitrogens with zero attached hydrogens (tertiary/aromatic N) is 2. The summed E-state index contributed by atoms with van der Waals surface area (Å²) in [6, 6.07) is 3.37. The number of rotatable bonds is 5. The van der Waals surface area contributed by atoms with Crippen LogP contribution in [0.1, 0.15) is 42.7 Å². The van der Waals surface area contributed by atoms with E-state index >= 15 is 0 Å². The SMILES string of the molecule is O=C(NCCN1CC[C@H](N2CCCCCC2)C1=O)c1ccco1. The van der Waals surface area contributed by atoms with Gasteiger partial charge in [-0.3, -0.25) is 14.5 Å². The van der Waals surface area contributed by atoms with Crippen molar-refractivity contribution in [2.75, 3.05) is 32.7 Å². The first-order chi connectivity index (χ1) is 11.3. The molecule has 1 aromatic heterocycles. The molecular formula is C17H25N3O3. The number of furan rings is 1. The molecule has 2 aliphatic rings. The monoisotopic (exact) mass is 319 g/mol. The third kappa shape index (κ3) is 3.93. The van der Waals surface area contributed by atoms with Crippen LogP contribution in [0, 0.1) is 0 Å². The van der Waals surface area contributed by atoms with E-state index in [1.54, 1.807) is 12.1 Å². The summed E-state index contributed by atoms with van der Waals surface area (Å²) in [6.45, 7) is 3.89. The minimum Gasteiger partial charge on any atom is -0.459 e. The Bertz CT molecular complexity index is 521. The molecule has 2 fully saturated rings. The molecule has 23 heavy (non-hydrogen) atoms. The highest BCUT2D eigenvalue weighted by Crippen LogP contribution is 2.20. The molecular weight excluding hydrogens is 294 g/mol. The van der Waals surface area contributed by atoms with Crippen molar-refractivity contribution in [2.24, 2.45) is 0 Å². The summed E-state index contributed by atoms with van der Waals surface area (Å²) in [7, 11) is 0. The van der Waals surface area contributed by atoms with Gasteiger partial charge in [0.1, 0.15) is 0 Å². The van der Waals surface area contributed by atoms with Crippen molar-refractivity contribution in [3.8, 4) is 0 Å². The smallest absolute Gasteiger partial charge is 0.287 e. The molecule has 1 atom stereocenters. The van der Waals surface area contributed by atoms with Gasteiger partial charge in [-0.25, -0.2) is 0 Å². The zero-order chi connectivity index (χ0) is 16.1. The average molecular weight is 319 g/mol. The summed E-state index contributed by atoms with van der Waals surface area (Å²) in [5.41, 5.74) is 0. The maximum absolute atomic E-state index is 12.6. The first-order valence-corrected chi connectivity index (χ1v) is 8.60. The fourth-order valence-electron chi connectivity index (χ4n) is 3.49. The lowest BCUT2D eigenvalue weighted by Gasteiger charge is -2.26. The van der Waals surface area contributed by atoms with Gasteiger partial charge in [0.05, 0.1) is 12.3 Å². The number of nitrogens with one attached hydrogen (secondary N) is 1. The molecule has 0 unspecified atom stereocenters. The number of hydrogen-bond donors (Lipinski definition) is 1. The molecule has 0 spiro atoms. The summed E-state index contributed by atoms with van der Waals surface area (Å²) in [5.74, 6) is 0.296. The van der Waals surface area contributed by atoms with E-state index in [1.165, 1.54) is 31.9 Å². The van der Waals surface area contributed by atoms with E-state index in [-0.39, 0.29) is 17.9 Å². The minimum atomic E-state index is -0.231. The third-order valence-corrected chi connectivity index (χ3v) is 4.76. The van der Waals surface area contributed by atoms with E-state index in [4.69, 9.17) is 4.42 Å². The Morgan fingerprint density at radius 2 is 2.00 bits per heavy atom. The fourth-order valence-corrected chi connectivity index (χ4v) is 3.49. The maximum atomic E-state index is 12.6. The Kier molecular flexibility index (Phi) is 5.33. The van der Waals surface area contributed by atoms with Crippen LogP contribution in [0.4, 0.5) is 0 Å². The largest absolute Gasteiger partial charge is 0.459 e. The van der Waals surface area contributed by atoms with Gasteiger partial charge in [0.25, 0.3) is 5.91 Å². The molecule has 1 aromatic rings. The van der Waals surface area contributed by atoms with Gasteiger partial charge in [-0.2, -0.15) is 0 Å². The summed E-state index contributed by atoms with van der Waals surface area (Å²) < 4.78 is 5.05. The van der Waals surface area contributed by atoms with Gasteiger partial charge < -0.3 is 14.6 Å². The Morgan fingerprint density at radius 1 is 1.22 bits per heavy atom. The highest BCUT2D eigenvalue weighted by molar-refractivity contribution is 5.91. The summed E-state index contributed by atoms with van der Waals surface area (Å²) in [6.07, 6.45) is 7.33. The summed E-state index contributed by atoms with van der Waals surface area (Å²) >= 11 is 0. The highest BCUT2D eigenvalue weighted by atomic mass is 16.3. The van der Waals surface area contributed by atoms with Gasteiger partial charge in [-0.15, -0.1) is 0 Å². The number of hydrogen-bond acceptors (Lipinski definition) is 4. The van der Waals surface area contributed by atoms with Crippen molar-refractivity contribution < 1.29 is 14.0 Å². The molecule has 0 saturated carbocycles. The number of likely N-dealkylation sites (tertiary alicyclic amines) is 2. The van der Waals surface area contributed by atoms with Crippen molar-refractivity contribution in [2.45, 2.75) is 38.1 Å². The van der Waals surface area contributed by atoms with Crippen LogP contribution in [-0.4, -0.2) is 60.4 Å². The summed E-state index contributed by atoms with van der Waals surface area (Å²) in [4.78, 5) is 28.6. The Hall–Kier alpha value is -1.82. The van der Waals surface area contributed by atoms with E-state index in [2.05, 4.69) is 10.2 Å². The van der Waals surface area contributed by atoms with Crippen LogP contribution < -0.4 is 5.32 Å². The molecule has 126 valence electrons. The molecule has 6 heteroatoms. The second-order valence-corrected chi connectivity index (χ2v) is 6.31. The van der Waals surface area contributed by atoms with Crippen LogP contribution in [0.25, 0.3) is 0 Å². The molecule has 0 aliphatic carbocycles. The predicted octanol–water partition coefficient (Wildman–Crippen LogP) is 1.49. The first-order valence-electron chi connectivity index (χ1n) is 8.60. The third-order valence-electron chi connectivity index (χ3n) is 4.76.